The Hall–Kier alpha value is -2.45. The van der Waals surface area contributed by atoms with Crippen LogP contribution >= 0.6 is 0 Å². The summed E-state index contributed by atoms with van der Waals surface area (Å²) in [4.78, 5) is 54.2. The smallest absolute Gasteiger partial charge is 0.341 e. The molecule has 1 aliphatic heterocycles. The zero-order valence-corrected chi connectivity index (χ0v) is 17.2. The predicted molar refractivity (Wildman–Crippen MR) is 105 cm³/mol. The van der Waals surface area contributed by atoms with Crippen molar-refractivity contribution in [2.24, 2.45) is 11.8 Å². The summed E-state index contributed by atoms with van der Waals surface area (Å²) in [5, 5.41) is 3.74. The summed E-state index contributed by atoms with van der Waals surface area (Å²) in [6.07, 6.45) is 3.04. The Kier molecular flexibility index (Phi) is 7.53. The third-order valence-electron chi connectivity index (χ3n) is 5.08. The second kappa shape index (κ2) is 9.66. The fourth-order valence-corrected chi connectivity index (χ4v) is 3.40. The molecule has 1 N–H and O–H groups in total. The van der Waals surface area contributed by atoms with Crippen LogP contribution in [0.1, 0.15) is 47.0 Å². The van der Waals surface area contributed by atoms with Gasteiger partial charge in [0.2, 0.25) is 11.8 Å². The molecule has 1 aromatic rings. The summed E-state index contributed by atoms with van der Waals surface area (Å²) in [5.41, 5.74) is -1.30. The molecule has 28 heavy (non-hydrogen) atoms. The molecular formula is C19H31N5O4. The van der Waals surface area contributed by atoms with Crippen molar-refractivity contribution in [2.45, 2.75) is 59.5 Å². The van der Waals surface area contributed by atoms with Crippen LogP contribution in [0.25, 0.3) is 0 Å². The lowest BCUT2D eigenvalue weighted by Crippen LogP contribution is -2.50. The molecule has 1 aliphatic rings. The molecular weight excluding hydrogens is 362 g/mol. The minimum Gasteiger partial charge on any atom is -0.341 e. The molecule has 9 heteroatoms. The van der Waals surface area contributed by atoms with E-state index in [9.17, 15) is 19.2 Å². The van der Waals surface area contributed by atoms with Crippen LogP contribution < -0.4 is 11.2 Å². The van der Waals surface area contributed by atoms with Crippen molar-refractivity contribution in [1.82, 2.24) is 24.6 Å². The summed E-state index contributed by atoms with van der Waals surface area (Å²) in [6.45, 7) is 9.65. The molecule has 0 spiro atoms. The average molecular weight is 393 g/mol. The number of carbonyl (C=O) groups is 2. The molecule has 156 valence electrons. The van der Waals surface area contributed by atoms with E-state index >= 15 is 0 Å². The molecule has 1 aromatic heterocycles. The number of amides is 2. The fourth-order valence-electron chi connectivity index (χ4n) is 3.40. The fraction of sp³-hybridized carbons (Fsp3) is 0.737. The van der Waals surface area contributed by atoms with E-state index in [1.165, 1.54) is 0 Å². The van der Waals surface area contributed by atoms with E-state index in [1.807, 2.05) is 18.7 Å². The lowest BCUT2D eigenvalue weighted by Gasteiger charge is -2.34. The number of aromatic amines is 1. The minimum absolute atomic E-state index is 0.128. The van der Waals surface area contributed by atoms with Crippen LogP contribution in [0.3, 0.4) is 0 Å². The highest BCUT2D eigenvalue weighted by Gasteiger charge is 2.32. The summed E-state index contributed by atoms with van der Waals surface area (Å²) in [6, 6.07) is -0.128. The molecule has 2 rings (SSSR count). The van der Waals surface area contributed by atoms with Gasteiger partial charge in [0.05, 0.1) is 6.04 Å². The van der Waals surface area contributed by atoms with Crippen LogP contribution in [0.5, 0.6) is 0 Å². The third-order valence-corrected chi connectivity index (χ3v) is 5.08. The van der Waals surface area contributed by atoms with Crippen molar-refractivity contribution in [3.05, 3.63) is 27.0 Å². The van der Waals surface area contributed by atoms with E-state index in [4.69, 9.17) is 0 Å². The Balaban J connectivity index is 2.12. The molecule has 9 nitrogen and oxygen atoms in total. The Morgan fingerprint density at radius 3 is 2.50 bits per heavy atom. The Labute approximate surface area is 164 Å². The van der Waals surface area contributed by atoms with Gasteiger partial charge in [-0.3, -0.25) is 19.4 Å². The number of aromatic nitrogens is 3. The number of carbonyl (C=O) groups excluding carboxylic acids is 2. The zero-order chi connectivity index (χ0) is 20.8. The summed E-state index contributed by atoms with van der Waals surface area (Å²) in [7, 11) is 0. The van der Waals surface area contributed by atoms with Crippen molar-refractivity contribution >= 4 is 11.8 Å². The van der Waals surface area contributed by atoms with Crippen LogP contribution in [-0.2, 0) is 16.1 Å². The van der Waals surface area contributed by atoms with Gasteiger partial charge >= 0.3 is 5.69 Å². The highest BCUT2D eigenvalue weighted by atomic mass is 16.2. The Morgan fingerprint density at radius 2 is 1.89 bits per heavy atom. The minimum atomic E-state index is -0.706. The van der Waals surface area contributed by atoms with E-state index in [1.54, 1.807) is 4.90 Å². The molecule has 1 unspecified atom stereocenters. The van der Waals surface area contributed by atoms with Gasteiger partial charge in [-0.2, -0.15) is 5.10 Å². The second-order valence-corrected chi connectivity index (χ2v) is 8.12. The molecule has 1 fully saturated rings. The Bertz CT molecular complexity index is 798. The van der Waals surface area contributed by atoms with Crippen LogP contribution in [0.15, 0.2) is 15.8 Å². The SMILES string of the molecule is CC(C)CCC(=O)N1CCCN(C(=O)Cn2ncc(=O)[nH]c2=O)C(C(C)C)C1. The van der Waals surface area contributed by atoms with Crippen LogP contribution in [0.4, 0.5) is 0 Å². The highest BCUT2D eigenvalue weighted by Crippen LogP contribution is 2.19. The van der Waals surface area contributed by atoms with E-state index < -0.39 is 11.2 Å². The maximum atomic E-state index is 12.9. The first-order valence-corrected chi connectivity index (χ1v) is 9.92. The third kappa shape index (κ3) is 5.77. The van der Waals surface area contributed by atoms with Gasteiger partial charge in [0.25, 0.3) is 5.56 Å². The van der Waals surface area contributed by atoms with Crippen molar-refractivity contribution in [1.29, 1.82) is 0 Å². The first-order chi connectivity index (χ1) is 13.2. The van der Waals surface area contributed by atoms with E-state index in [0.29, 0.717) is 38.4 Å². The van der Waals surface area contributed by atoms with Gasteiger partial charge < -0.3 is 9.80 Å². The highest BCUT2D eigenvalue weighted by molar-refractivity contribution is 5.78. The van der Waals surface area contributed by atoms with Gasteiger partial charge in [-0.15, -0.1) is 0 Å². The molecule has 0 aliphatic carbocycles. The standard InChI is InChI=1S/C19H31N5O4/c1-13(2)6-7-17(26)22-8-5-9-23(15(11-22)14(3)4)18(27)12-24-19(28)21-16(25)10-20-24/h10,13-15H,5-9,11-12H2,1-4H3,(H,21,25,28). The largest absolute Gasteiger partial charge is 0.345 e. The van der Waals surface area contributed by atoms with Crippen LogP contribution in [0, 0.1) is 11.8 Å². The number of nitrogens with zero attached hydrogens (tertiary/aromatic N) is 4. The number of nitrogens with one attached hydrogen (secondary N) is 1. The van der Waals surface area contributed by atoms with Crippen LogP contribution in [-0.4, -0.2) is 62.1 Å². The molecule has 0 bridgehead atoms. The van der Waals surface area contributed by atoms with Crippen molar-refractivity contribution < 1.29 is 9.59 Å². The Morgan fingerprint density at radius 1 is 1.18 bits per heavy atom. The number of rotatable bonds is 6. The number of hydrogen-bond donors (Lipinski definition) is 1. The van der Waals surface area contributed by atoms with Crippen molar-refractivity contribution in [3.63, 3.8) is 0 Å². The maximum absolute atomic E-state index is 12.9. The van der Waals surface area contributed by atoms with Crippen LogP contribution in [0.2, 0.25) is 0 Å². The molecule has 0 aromatic carbocycles. The van der Waals surface area contributed by atoms with Gasteiger partial charge in [0.1, 0.15) is 12.7 Å². The van der Waals surface area contributed by atoms with Gasteiger partial charge in [-0.25, -0.2) is 9.48 Å². The quantitative estimate of drug-likeness (QED) is 0.755. The van der Waals surface area contributed by atoms with Gasteiger partial charge in [0.15, 0.2) is 0 Å². The zero-order valence-electron chi connectivity index (χ0n) is 17.2. The molecule has 1 atom stereocenters. The van der Waals surface area contributed by atoms with Crippen molar-refractivity contribution in [2.75, 3.05) is 19.6 Å². The number of H-pyrrole nitrogens is 1. The molecule has 2 heterocycles. The van der Waals surface area contributed by atoms with Gasteiger partial charge in [0, 0.05) is 26.1 Å². The first-order valence-electron chi connectivity index (χ1n) is 9.92. The summed E-state index contributed by atoms with van der Waals surface area (Å²) < 4.78 is 0.956. The average Bonchev–Trinajstić information content (AvgIpc) is 2.85. The van der Waals surface area contributed by atoms with E-state index in [0.717, 1.165) is 17.3 Å². The second-order valence-electron chi connectivity index (χ2n) is 8.12. The maximum Gasteiger partial charge on any atom is 0.345 e. The van der Waals surface area contributed by atoms with E-state index in [2.05, 4.69) is 23.9 Å². The predicted octanol–water partition coefficient (Wildman–Crippen LogP) is 0.453. The topological polar surface area (TPSA) is 108 Å². The van der Waals surface area contributed by atoms with Gasteiger partial charge in [-0.1, -0.05) is 27.7 Å². The summed E-state index contributed by atoms with van der Waals surface area (Å²) >= 11 is 0. The van der Waals surface area contributed by atoms with E-state index in [-0.39, 0.29) is 30.3 Å². The van der Waals surface area contributed by atoms with Gasteiger partial charge in [-0.05, 0) is 24.7 Å². The molecule has 1 saturated heterocycles. The molecule has 0 radical (unpaired) electrons. The normalized spacial score (nSPS) is 17.9. The first kappa shape index (κ1) is 21.8. The number of hydrogen-bond acceptors (Lipinski definition) is 5. The lowest BCUT2D eigenvalue weighted by molar-refractivity contribution is -0.137. The van der Waals surface area contributed by atoms with Crippen molar-refractivity contribution in [3.8, 4) is 0 Å². The lowest BCUT2D eigenvalue weighted by atomic mass is 10.0. The monoisotopic (exact) mass is 393 g/mol. The summed E-state index contributed by atoms with van der Waals surface area (Å²) in [5.74, 6) is 0.518. The molecule has 2 amide bonds. The molecule has 0 saturated carbocycles.